The molecule has 0 aliphatic heterocycles. The lowest BCUT2D eigenvalue weighted by Gasteiger charge is -2.12. The first-order valence-corrected chi connectivity index (χ1v) is 8.56. The average Bonchev–Trinajstić information content (AvgIpc) is 2.86. The molecular weight excluding hydrogens is 361 g/mol. The fraction of sp³-hybridized carbons (Fsp3) is 0.333. The van der Waals surface area contributed by atoms with E-state index in [9.17, 15) is 4.39 Å². The van der Waals surface area contributed by atoms with Gasteiger partial charge in [-0.3, -0.25) is 0 Å². The number of hydrogen-bond acceptors (Lipinski definition) is 2. The quantitative estimate of drug-likeness (QED) is 0.716. The summed E-state index contributed by atoms with van der Waals surface area (Å²) < 4.78 is 14.6. The molecule has 20 heavy (non-hydrogen) atoms. The van der Waals surface area contributed by atoms with E-state index in [-0.39, 0.29) is 5.82 Å². The van der Waals surface area contributed by atoms with Crippen molar-refractivity contribution in [2.24, 2.45) is 5.73 Å². The van der Waals surface area contributed by atoms with Crippen molar-refractivity contribution in [3.63, 3.8) is 0 Å². The lowest BCUT2D eigenvalue weighted by Crippen LogP contribution is -2.12. The Morgan fingerprint density at radius 2 is 2.00 bits per heavy atom. The van der Waals surface area contributed by atoms with E-state index in [1.807, 2.05) is 0 Å². The van der Waals surface area contributed by atoms with Gasteiger partial charge in [0.2, 0.25) is 0 Å². The summed E-state index contributed by atoms with van der Waals surface area (Å²) in [5.74, 6) is -0.319. The van der Waals surface area contributed by atoms with Gasteiger partial charge in [0.1, 0.15) is 5.82 Å². The van der Waals surface area contributed by atoms with Crippen LogP contribution in [0.2, 0.25) is 5.02 Å². The zero-order chi connectivity index (χ0) is 14.3. The first-order valence-electron chi connectivity index (χ1n) is 6.58. The molecular formula is C15H14BrClFNS. The van der Waals surface area contributed by atoms with Crippen LogP contribution in [-0.2, 0) is 12.8 Å². The van der Waals surface area contributed by atoms with Gasteiger partial charge in [0.05, 0.1) is 11.1 Å². The van der Waals surface area contributed by atoms with Gasteiger partial charge in [0, 0.05) is 19.8 Å². The van der Waals surface area contributed by atoms with E-state index in [0.717, 1.165) is 17.7 Å². The summed E-state index contributed by atoms with van der Waals surface area (Å²) in [6, 6.07) is 4.69. The van der Waals surface area contributed by atoms with Gasteiger partial charge in [0.15, 0.2) is 0 Å². The average molecular weight is 375 g/mol. The molecule has 1 nitrogen and oxygen atoms in total. The second-order valence-corrected chi connectivity index (χ2v) is 7.50. The summed E-state index contributed by atoms with van der Waals surface area (Å²) in [7, 11) is 0. The molecule has 1 aliphatic rings. The second-order valence-electron chi connectivity index (χ2n) is 5.07. The van der Waals surface area contributed by atoms with E-state index in [2.05, 4.69) is 22.0 Å². The fourth-order valence-corrected chi connectivity index (χ4v) is 4.36. The van der Waals surface area contributed by atoms with Crippen molar-refractivity contribution in [1.82, 2.24) is 0 Å². The Morgan fingerprint density at radius 3 is 2.75 bits per heavy atom. The molecule has 0 saturated carbocycles. The van der Waals surface area contributed by atoms with Gasteiger partial charge < -0.3 is 5.73 Å². The molecule has 0 saturated heterocycles. The van der Waals surface area contributed by atoms with Crippen molar-refractivity contribution in [2.75, 3.05) is 0 Å². The summed E-state index contributed by atoms with van der Waals surface area (Å²) in [6.07, 6.45) is 4.70. The summed E-state index contributed by atoms with van der Waals surface area (Å²) in [5, 5.41) is 0.484. The lowest BCUT2D eigenvalue weighted by molar-refractivity contribution is 0.600. The van der Waals surface area contributed by atoms with Gasteiger partial charge in [-0.25, -0.2) is 4.39 Å². The van der Waals surface area contributed by atoms with Gasteiger partial charge in [0.25, 0.3) is 0 Å². The molecule has 5 heteroatoms. The normalized spacial score (nSPS) is 16.0. The predicted molar refractivity (Wildman–Crippen MR) is 86.1 cm³/mol. The molecule has 1 aromatic carbocycles. The number of benzene rings is 1. The minimum absolute atomic E-state index is 0.319. The van der Waals surface area contributed by atoms with E-state index >= 15 is 0 Å². The van der Waals surface area contributed by atoms with Gasteiger partial charge in [-0.2, -0.15) is 0 Å². The highest BCUT2D eigenvalue weighted by molar-refractivity contribution is 9.10. The molecule has 0 amide bonds. The third-order valence-corrected chi connectivity index (χ3v) is 6.21. The van der Waals surface area contributed by atoms with Crippen LogP contribution in [0, 0.1) is 5.82 Å². The Hall–Kier alpha value is -0.420. The maximum Gasteiger partial charge on any atom is 0.129 e. The van der Waals surface area contributed by atoms with Crippen LogP contribution in [-0.4, -0.2) is 0 Å². The summed E-state index contributed by atoms with van der Waals surface area (Å²) in [6.45, 7) is 0. The summed E-state index contributed by atoms with van der Waals surface area (Å²) in [4.78, 5) is 2.43. The van der Waals surface area contributed by atoms with Crippen molar-refractivity contribution in [3.05, 3.63) is 54.4 Å². The van der Waals surface area contributed by atoms with Crippen LogP contribution >= 0.6 is 38.9 Å². The maximum absolute atomic E-state index is 14.1. The minimum Gasteiger partial charge on any atom is -0.320 e. The topological polar surface area (TPSA) is 26.0 Å². The van der Waals surface area contributed by atoms with Crippen molar-refractivity contribution in [2.45, 2.75) is 31.7 Å². The maximum atomic E-state index is 14.1. The second kappa shape index (κ2) is 5.76. The van der Waals surface area contributed by atoms with Crippen molar-refractivity contribution in [1.29, 1.82) is 0 Å². The van der Waals surface area contributed by atoms with E-state index in [4.69, 9.17) is 17.3 Å². The fourth-order valence-electron chi connectivity index (χ4n) is 2.60. The highest BCUT2D eigenvalue weighted by atomic mass is 79.9. The summed E-state index contributed by atoms with van der Waals surface area (Å²) in [5.41, 5.74) is 8.08. The van der Waals surface area contributed by atoms with Gasteiger partial charge in [-0.1, -0.05) is 11.6 Å². The molecule has 106 valence electrons. The predicted octanol–water partition coefficient (Wildman–Crippen LogP) is 5.23. The Kier molecular flexibility index (Phi) is 4.18. The number of aryl methyl sites for hydroxylation is 2. The van der Waals surface area contributed by atoms with E-state index in [1.54, 1.807) is 17.4 Å². The van der Waals surface area contributed by atoms with Gasteiger partial charge >= 0.3 is 0 Å². The first kappa shape index (κ1) is 14.5. The highest BCUT2D eigenvalue weighted by Gasteiger charge is 2.21. The molecule has 0 fully saturated rings. The number of thiophene rings is 1. The van der Waals surface area contributed by atoms with Gasteiger partial charge in [-0.05, 0) is 65.4 Å². The van der Waals surface area contributed by atoms with Gasteiger partial charge in [-0.15, -0.1) is 11.3 Å². The number of halogens is 3. The van der Waals surface area contributed by atoms with Crippen LogP contribution in [0.25, 0.3) is 0 Å². The molecule has 1 heterocycles. The summed E-state index contributed by atoms with van der Waals surface area (Å²) >= 11 is 11.0. The minimum atomic E-state index is -0.448. The Labute approximate surface area is 135 Å². The third-order valence-electron chi connectivity index (χ3n) is 3.70. The molecule has 1 atom stereocenters. The van der Waals surface area contributed by atoms with E-state index in [0.29, 0.717) is 15.1 Å². The van der Waals surface area contributed by atoms with E-state index in [1.165, 1.54) is 29.3 Å². The number of rotatable bonds is 2. The van der Waals surface area contributed by atoms with Crippen LogP contribution in [0.1, 0.15) is 39.8 Å². The largest absolute Gasteiger partial charge is 0.320 e. The standard InChI is InChI=1S/C15H14BrClFNS/c16-10-7-12(18)9(6-11(10)17)15(19)14-5-8-3-1-2-4-13(8)20-14/h5-7,15H,1-4,19H2. The molecule has 0 radical (unpaired) electrons. The van der Waals surface area contributed by atoms with Crippen molar-refractivity contribution >= 4 is 38.9 Å². The van der Waals surface area contributed by atoms with Crippen LogP contribution in [0.5, 0.6) is 0 Å². The molecule has 1 unspecified atom stereocenters. The SMILES string of the molecule is NC(c1cc2c(s1)CCCC2)c1cc(Cl)c(Br)cc1F. The van der Waals surface area contributed by atoms with Crippen molar-refractivity contribution < 1.29 is 4.39 Å². The zero-order valence-electron chi connectivity index (χ0n) is 10.8. The highest BCUT2D eigenvalue weighted by Crippen LogP contribution is 2.36. The molecule has 1 aromatic heterocycles. The number of nitrogens with two attached hydrogens (primary N) is 1. The Balaban J connectivity index is 1.98. The molecule has 1 aliphatic carbocycles. The monoisotopic (exact) mass is 373 g/mol. The van der Waals surface area contributed by atoms with Crippen molar-refractivity contribution in [3.8, 4) is 0 Å². The Morgan fingerprint density at radius 1 is 1.25 bits per heavy atom. The molecule has 2 aromatic rings. The smallest absolute Gasteiger partial charge is 0.129 e. The number of fused-ring (bicyclic) bond motifs is 1. The molecule has 3 rings (SSSR count). The first-order chi connectivity index (χ1) is 9.56. The third kappa shape index (κ3) is 2.67. The van der Waals surface area contributed by atoms with Crippen LogP contribution < -0.4 is 5.73 Å². The lowest BCUT2D eigenvalue weighted by atomic mass is 9.98. The Bertz CT molecular complexity index is 632. The zero-order valence-corrected chi connectivity index (χ0v) is 13.9. The van der Waals surface area contributed by atoms with Crippen LogP contribution in [0.3, 0.4) is 0 Å². The molecule has 0 spiro atoms. The van der Waals surface area contributed by atoms with E-state index < -0.39 is 6.04 Å². The van der Waals surface area contributed by atoms with Crippen LogP contribution in [0.15, 0.2) is 22.7 Å². The van der Waals surface area contributed by atoms with Crippen LogP contribution in [0.4, 0.5) is 4.39 Å². The molecule has 2 N–H and O–H groups in total. The molecule has 0 bridgehead atoms. The number of hydrogen-bond donors (Lipinski definition) is 1.